The summed E-state index contributed by atoms with van der Waals surface area (Å²) in [5, 5.41) is 8.99. The molecule has 3 aromatic rings. The minimum atomic E-state index is -0.450. The Balaban J connectivity index is 1.50. The van der Waals surface area contributed by atoms with Crippen LogP contribution in [0.2, 0.25) is 0 Å². The minimum absolute atomic E-state index is 0.304. The van der Waals surface area contributed by atoms with E-state index in [-0.39, 0.29) is 0 Å². The van der Waals surface area contributed by atoms with Gasteiger partial charge in [0.25, 0.3) is 0 Å². The van der Waals surface area contributed by atoms with Gasteiger partial charge in [0.1, 0.15) is 0 Å². The Kier molecular flexibility index (Phi) is 4.57. The number of para-hydroxylation sites is 1. The third-order valence-electron chi connectivity index (χ3n) is 5.16. The third-order valence-corrected chi connectivity index (χ3v) is 5.16. The predicted molar refractivity (Wildman–Crippen MR) is 99.3 cm³/mol. The summed E-state index contributed by atoms with van der Waals surface area (Å²) in [6.45, 7) is 0. The van der Waals surface area contributed by atoms with E-state index in [2.05, 4.69) is 20.4 Å². The Hall–Kier alpha value is -2.51. The van der Waals surface area contributed by atoms with Crippen molar-refractivity contribution in [3.63, 3.8) is 0 Å². The smallest absolute Gasteiger partial charge is 0.224 e. The maximum Gasteiger partial charge on any atom is 0.224 e. The molecule has 0 aliphatic heterocycles. The SMILES string of the molecule is COC1(OC)CCC(Nc2nccc(-n3ncc4ccccc43)n2)CC1. The van der Waals surface area contributed by atoms with Gasteiger partial charge in [0.15, 0.2) is 11.6 Å². The zero-order chi connectivity index (χ0) is 18.0. The maximum atomic E-state index is 5.54. The van der Waals surface area contributed by atoms with Crippen LogP contribution in [0.5, 0.6) is 0 Å². The molecule has 0 amide bonds. The summed E-state index contributed by atoms with van der Waals surface area (Å²) < 4.78 is 12.9. The fourth-order valence-electron chi connectivity index (χ4n) is 3.57. The molecule has 4 rings (SSSR count). The molecule has 1 fully saturated rings. The van der Waals surface area contributed by atoms with E-state index in [1.807, 2.05) is 41.2 Å². The van der Waals surface area contributed by atoms with E-state index in [0.717, 1.165) is 42.4 Å². The Bertz CT molecular complexity index is 880. The van der Waals surface area contributed by atoms with Gasteiger partial charge in [-0.05, 0) is 18.9 Å². The second-order valence-corrected chi connectivity index (χ2v) is 6.59. The Labute approximate surface area is 152 Å². The number of benzene rings is 1. The lowest BCUT2D eigenvalue weighted by Gasteiger charge is -2.37. The number of hydrogen-bond acceptors (Lipinski definition) is 6. The molecule has 0 bridgehead atoms. The lowest BCUT2D eigenvalue weighted by Crippen LogP contribution is -2.41. The van der Waals surface area contributed by atoms with E-state index >= 15 is 0 Å². The molecule has 0 spiro atoms. The summed E-state index contributed by atoms with van der Waals surface area (Å²) in [5.74, 6) is 0.923. The second-order valence-electron chi connectivity index (χ2n) is 6.59. The van der Waals surface area contributed by atoms with Crippen molar-refractivity contribution >= 4 is 16.9 Å². The molecular weight excluding hydrogens is 330 g/mol. The van der Waals surface area contributed by atoms with E-state index in [4.69, 9.17) is 9.47 Å². The quantitative estimate of drug-likeness (QED) is 0.710. The van der Waals surface area contributed by atoms with Crippen molar-refractivity contribution in [2.75, 3.05) is 19.5 Å². The zero-order valence-electron chi connectivity index (χ0n) is 15.1. The number of methoxy groups -OCH3 is 2. The molecule has 7 nitrogen and oxygen atoms in total. The Morgan fingerprint density at radius 3 is 2.65 bits per heavy atom. The van der Waals surface area contributed by atoms with Gasteiger partial charge in [0.05, 0.1) is 11.7 Å². The first-order valence-electron chi connectivity index (χ1n) is 8.86. The van der Waals surface area contributed by atoms with Crippen molar-refractivity contribution < 1.29 is 9.47 Å². The molecule has 136 valence electrons. The Morgan fingerprint density at radius 2 is 1.88 bits per heavy atom. The van der Waals surface area contributed by atoms with Gasteiger partial charge in [0.2, 0.25) is 5.95 Å². The zero-order valence-corrected chi connectivity index (χ0v) is 15.1. The van der Waals surface area contributed by atoms with Crippen LogP contribution in [0.1, 0.15) is 25.7 Å². The number of fused-ring (bicyclic) bond motifs is 1. The summed E-state index contributed by atoms with van der Waals surface area (Å²) in [6.07, 6.45) is 7.20. The summed E-state index contributed by atoms with van der Waals surface area (Å²) in [4.78, 5) is 9.03. The number of anilines is 1. The monoisotopic (exact) mass is 353 g/mol. The number of aromatic nitrogens is 4. The lowest BCUT2D eigenvalue weighted by atomic mass is 9.90. The van der Waals surface area contributed by atoms with Gasteiger partial charge in [-0.1, -0.05) is 18.2 Å². The van der Waals surface area contributed by atoms with Crippen molar-refractivity contribution in [1.29, 1.82) is 0 Å². The van der Waals surface area contributed by atoms with Crippen molar-refractivity contribution in [2.45, 2.75) is 37.5 Å². The summed E-state index contributed by atoms with van der Waals surface area (Å²) >= 11 is 0. The van der Waals surface area contributed by atoms with Crippen LogP contribution in [0.25, 0.3) is 16.7 Å². The molecule has 1 aliphatic carbocycles. The summed E-state index contributed by atoms with van der Waals surface area (Å²) in [6, 6.07) is 10.3. The second kappa shape index (κ2) is 7.01. The molecule has 0 atom stereocenters. The van der Waals surface area contributed by atoms with E-state index in [9.17, 15) is 0 Å². The molecule has 26 heavy (non-hydrogen) atoms. The normalized spacial score (nSPS) is 17.5. The van der Waals surface area contributed by atoms with E-state index in [1.54, 1.807) is 20.4 Å². The predicted octanol–water partition coefficient (Wildman–Crippen LogP) is 3.16. The van der Waals surface area contributed by atoms with Gasteiger partial charge in [0, 0.05) is 50.8 Å². The van der Waals surface area contributed by atoms with Crippen LogP contribution < -0.4 is 5.32 Å². The standard InChI is InChI=1S/C19H23N5O2/c1-25-19(26-2)10-7-15(8-11-19)22-18-20-12-9-17(23-18)24-16-6-4-3-5-14(16)13-21-24/h3-6,9,12-13,15H,7-8,10-11H2,1-2H3,(H,20,22,23). The fraction of sp³-hybridized carbons (Fsp3) is 0.421. The Morgan fingerprint density at radius 1 is 1.12 bits per heavy atom. The van der Waals surface area contributed by atoms with Crippen LogP contribution in [0.15, 0.2) is 42.7 Å². The van der Waals surface area contributed by atoms with E-state index < -0.39 is 5.79 Å². The number of rotatable bonds is 5. The highest BCUT2D eigenvalue weighted by molar-refractivity contribution is 5.79. The number of ether oxygens (including phenoxy) is 2. The molecule has 1 saturated carbocycles. The number of nitrogens with one attached hydrogen (secondary N) is 1. The minimum Gasteiger partial charge on any atom is -0.353 e. The first-order chi connectivity index (χ1) is 12.7. The molecule has 1 N–H and O–H groups in total. The summed E-state index contributed by atoms with van der Waals surface area (Å²) in [7, 11) is 3.41. The molecule has 0 unspecified atom stereocenters. The molecule has 7 heteroatoms. The first-order valence-corrected chi connectivity index (χ1v) is 8.86. The van der Waals surface area contributed by atoms with E-state index in [0.29, 0.717) is 12.0 Å². The van der Waals surface area contributed by atoms with E-state index in [1.165, 1.54) is 0 Å². The van der Waals surface area contributed by atoms with Crippen LogP contribution in [0, 0.1) is 0 Å². The van der Waals surface area contributed by atoms with Crippen molar-refractivity contribution in [3.8, 4) is 5.82 Å². The molecular formula is C19H23N5O2. The molecule has 1 aliphatic rings. The average Bonchev–Trinajstić information content (AvgIpc) is 3.13. The van der Waals surface area contributed by atoms with Crippen molar-refractivity contribution in [2.24, 2.45) is 0 Å². The van der Waals surface area contributed by atoms with Crippen LogP contribution in [0.3, 0.4) is 0 Å². The number of nitrogens with zero attached hydrogens (tertiary/aromatic N) is 4. The molecule has 2 heterocycles. The van der Waals surface area contributed by atoms with Gasteiger partial charge < -0.3 is 14.8 Å². The average molecular weight is 353 g/mol. The fourth-order valence-corrected chi connectivity index (χ4v) is 3.57. The number of hydrogen-bond donors (Lipinski definition) is 1. The first kappa shape index (κ1) is 16.9. The van der Waals surface area contributed by atoms with Crippen molar-refractivity contribution in [1.82, 2.24) is 19.7 Å². The largest absolute Gasteiger partial charge is 0.353 e. The van der Waals surface area contributed by atoms with Gasteiger partial charge in [-0.25, -0.2) is 9.67 Å². The van der Waals surface area contributed by atoms with Gasteiger partial charge in [-0.2, -0.15) is 10.1 Å². The van der Waals surface area contributed by atoms with Gasteiger partial charge >= 0.3 is 0 Å². The third kappa shape index (κ3) is 3.15. The highest BCUT2D eigenvalue weighted by Gasteiger charge is 2.35. The van der Waals surface area contributed by atoms with Crippen molar-refractivity contribution in [3.05, 3.63) is 42.7 Å². The molecule has 0 saturated heterocycles. The van der Waals surface area contributed by atoms with Crippen LogP contribution in [-0.4, -0.2) is 45.8 Å². The highest BCUT2D eigenvalue weighted by atomic mass is 16.7. The maximum absolute atomic E-state index is 5.54. The molecule has 1 aromatic carbocycles. The van der Waals surface area contributed by atoms with Crippen LogP contribution >= 0.6 is 0 Å². The van der Waals surface area contributed by atoms with Gasteiger partial charge in [-0.15, -0.1) is 0 Å². The van der Waals surface area contributed by atoms with Crippen LogP contribution in [-0.2, 0) is 9.47 Å². The van der Waals surface area contributed by atoms with Crippen LogP contribution in [0.4, 0.5) is 5.95 Å². The topological polar surface area (TPSA) is 74.1 Å². The highest BCUT2D eigenvalue weighted by Crippen LogP contribution is 2.32. The summed E-state index contributed by atoms with van der Waals surface area (Å²) in [5.41, 5.74) is 1.03. The van der Waals surface area contributed by atoms with Gasteiger partial charge in [-0.3, -0.25) is 0 Å². The molecule has 2 aromatic heterocycles. The molecule has 0 radical (unpaired) electrons. The lowest BCUT2D eigenvalue weighted by molar-refractivity contribution is -0.223.